The molecule has 2 saturated heterocycles. The van der Waals surface area contributed by atoms with E-state index in [2.05, 4.69) is 15.3 Å². The maximum Gasteiger partial charge on any atom is 0.490 e. The number of hydrogen-bond donors (Lipinski definition) is 2. The molecule has 3 heterocycles. The van der Waals surface area contributed by atoms with Crippen molar-refractivity contribution in [2.24, 2.45) is 12.5 Å². The lowest BCUT2D eigenvalue weighted by molar-refractivity contribution is -0.192. The number of aliphatic carboxylic acids is 1. The van der Waals surface area contributed by atoms with Crippen LogP contribution in [0.5, 0.6) is 0 Å². The Morgan fingerprint density at radius 1 is 1.38 bits per heavy atom. The number of piperidine rings is 1. The van der Waals surface area contributed by atoms with Crippen molar-refractivity contribution in [2.45, 2.75) is 50.6 Å². The Morgan fingerprint density at radius 3 is 2.62 bits per heavy atom. The molecule has 0 spiro atoms. The van der Waals surface area contributed by atoms with E-state index < -0.39 is 12.1 Å². The molecule has 4 rings (SSSR count). The summed E-state index contributed by atoms with van der Waals surface area (Å²) in [6, 6.07) is 0.414. The second-order valence-electron chi connectivity index (χ2n) is 7.84. The Kier molecular flexibility index (Phi) is 6.18. The van der Waals surface area contributed by atoms with Gasteiger partial charge in [0.25, 0.3) is 0 Å². The number of amides is 1. The fourth-order valence-electron chi connectivity index (χ4n) is 3.86. The first-order chi connectivity index (χ1) is 13.6. The molecule has 1 aliphatic carbocycles. The lowest BCUT2D eigenvalue weighted by atomic mass is 9.75. The summed E-state index contributed by atoms with van der Waals surface area (Å²) in [5.41, 5.74) is 0.862. The number of carbonyl (C=O) groups is 2. The molecule has 2 N–H and O–H groups in total. The van der Waals surface area contributed by atoms with E-state index in [4.69, 9.17) is 14.6 Å². The minimum absolute atomic E-state index is 0.0939. The van der Waals surface area contributed by atoms with E-state index in [9.17, 15) is 18.0 Å². The molecule has 0 aromatic carbocycles. The van der Waals surface area contributed by atoms with Crippen molar-refractivity contribution >= 4 is 11.9 Å². The number of hydrogen-bond acceptors (Lipinski definition) is 5. The quantitative estimate of drug-likeness (QED) is 0.766. The van der Waals surface area contributed by atoms with Gasteiger partial charge >= 0.3 is 12.1 Å². The Labute approximate surface area is 166 Å². The average Bonchev–Trinajstić information content (AvgIpc) is 3.19. The number of carboxylic acid groups (broad SMARTS) is 1. The molecule has 1 aromatic rings. The number of carbonyl (C=O) groups excluding carboxylic acids is 1. The summed E-state index contributed by atoms with van der Waals surface area (Å²) in [5.74, 6) is -2.54. The highest BCUT2D eigenvalue weighted by Gasteiger charge is 2.53. The van der Waals surface area contributed by atoms with Crippen LogP contribution in [0.1, 0.15) is 31.2 Å². The van der Waals surface area contributed by atoms with Gasteiger partial charge in [-0.05, 0) is 25.7 Å². The third-order valence-electron chi connectivity index (χ3n) is 5.47. The van der Waals surface area contributed by atoms with Crippen LogP contribution in [-0.4, -0.2) is 69.7 Å². The van der Waals surface area contributed by atoms with Crippen LogP contribution in [0, 0.1) is 5.41 Å². The van der Waals surface area contributed by atoms with Crippen molar-refractivity contribution in [1.29, 1.82) is 0 Å². The third kappa shape index (κ3) is 5.27. The maximum atomic E-state index is 12.8. The number of nitrogens with zero attached hydrogens (tertiary/aromatic N) is 3. The summed E-state index contributed by atoms with van der Waals surface area (Å²) < 4.78 is 39.4. The van der Waals surface area contributed by atoms with Gasteiger partial charge in [0.2, 0.25) is 5.91 Å². The van der Waals surface area contributed by atoms with Crippen molar-refractivity contribution in [1.82, 2.24) is 20.0 Å². The maximum absolute atomic E-state index is 12.8. The highest BCUT2D eigenvalue weighted by atomic mass is 19.4. The molecular weight excluding hydrogens is 393 g/mol. The van der Waals surface area contributed by atoms with Gasteiger partial charge in [-0.25, -0.2) is 4.79 Å². The molecule has 8 nitrogen and oxygen atoms in total. The first kappa shape index (κ1) is 21.6. The summed E-state index contributed by atoms with van der Waals surface area (Å²) >= 11 is 0. The van der Waals surface area contributed by atoms with Crippen LogP contribution in [0.2, 0.25) is 0 Å². The van der Waals surface area contributed by atoms with Crippen LogP contribution in [0.15, 0.2) is 12.4 Å². The van der Waals surface area contributed by atoms with Gasteiger partial charge < -0.3 is 15.2 Å². The van der Waals surface area contributed by atoms with Crippen molar-refractivity contribution < 1.29 is 32.6 Å². The fourth-order valence-corrected chi connectivity index (χ4v) is 3.86. The molecule has 11 heteroatoms. The SMILES string of the molecule is Cn1cc(CN2CC[C@H]3OCC[C@@]3(C(=O)NC3CC3)C2)cn1.O=C(O)C(F)(F)F. The summed E-state index contributed by atoms with van der Waals surface area (Å²) in [6.45, 7) is 3.35. The Morgan fingerprint density at radius 2 is 2.07 bits per heavy atom. The largest absolute Gasteiger partial charge is 0.490 e. The molecule has 0 bridgehead atoms. The minimum Gasteiger partial charge on any atom is -0.475 e. The fraction of sp³-hybridized carbons (Fsp3) is 0.722. The van der Waals surface area contributed by atoms with Gasteiger partial charge in [0.1, 0.15) is 0 Å². The second kappa shape index (κ2) is 8.31. The third-order valence-corrected chi connectivity index (χ3v) is 5.47. The smallest absolute Gasteiger partial charge is 0.475 e. The van der Waals surface area contributed by atoms with Crippen LogP contribution in [-0.2, 0) is 27.9 Å². The molecule has 3 aliphatic rings. The highest BCUT2D eigenvalue weighted by Crippen LogP contribution is 2.42. The molecule has 2 aliphatic heterocycles. The number of ether oxygens (including phenoxy) is 1. The highest BCUT2D eigenvalue weighted by molar-refractivity contribution is 5.84. The van der Waals surface area contributed by atoms with Crippen molar-refractivity contribution in [3.63, 3.8) is 0 Å². The predicted molar refractivity (Wildman–Crippen MR) is 94.7 cm³/mol. The number of carboxylic acids is 1. The van der Waals surface area contributed by atoms with Crippen LogP contribution in [0.25, 0.3) is 0 Å². The Bertz CT molecular complexity index is 750. The summed E-state index contributed by atoms with van der Waals surface area (Å²) in [4.78, 5) is 24.1. The van der Waals surface area contributed by atoms with E-state index >= 15 is 0 Å². The normalized spacial score (nSPS) is 27.0. The topological polar surface area (TPSA) is 96.7 Å². The Balaban J connectivity index is 0.000000298. The van der Waals surface area contributed by atoms with E-state index in [1.165, 1.54) is 5.56 Å². The zero-order valence-electron chi connectivity index (χ0n) is 16.1. The van der Waals surface area contributed by atoms with Gasteiger partial charge in [-0.2, -0.15) is 18.3 Å². The average molecular weight is 418 g/mol. The zero-order valence-corrected chi connectivity index (χ0v) is 16.1. The monoisotopic (exact) mass is 418 g/mol. The first-order valence-corrected chi connectivity index (χ1v) is 9.53. The predicted octanol–water partition coefficient (Wildman–Crippen LogP) is 1.31. The molecule has 1 aromatic heterocycles. The summed E-state index contributed by atoms with van der Waals surface area (Å²) in [5, 5.41) is 14.6. The number of alkyl halides is 3. The lowest BCUT2D eigenvalue weighted by Crippen LogP contribution is -2.57. The molecule has 0 unspecified atom stereocenters. The van der Waals surface area contributed by atoms with Crippen molar-refractivity contribution in [3.05, 3.63) is 18.0 Å². The molecule has 29 heavy (non-hydrogen) atoms. The number of fused-ring (bicyclic) bond motifs is 1. The van der Waals surface area contributed by atoms with Crippen molar-refractivity contribution in [3.8, 4) is 0 Å². The number of aryl methyl sites for hydroxylation is 1. The van der Waals surface area contributed by atoms with Gasteiger partial charge in [0.15, 0.2) is 0 Å². The van der Waals surface area contributed by atoms with E-state index in [0.717, 1.165) is 45.3 Å². The molecular formula is C18H25F3N4O4. The molecule has 3 fully saturated rings. The molecule has 2 atom stereocenters. The first-order valence-electron chi connectivity index (χ1n) is 9.53. The molecule has 1 amide bonds. The standard InChI is InChI=1S/C16H24N4O2.C2HF3O2/c1-19-9-12(8-17-19)10-20-6-4-14-16(11-20,5-7-22-14)15(21)18-13-2-3-13;3-2(4,5)1(6)7/h8-9,13-14H,2-7,10-11H2,1H3,(H,18,21);(H,6,7)/t14-,16-;/m1./s1. The van der Waals surface area contributed by atoms with Gasteiger partial charge in [-0.3, -0.25) is 14.4 Å². The number of aromatic nitrogens is 2. The van der Waals surface area contributed by atoms with Crippen LogP contribution in [0.3, 0.4) is 0 Å². The van der Waals surface area contributed by atoms with Crippen LogP contribution < -0.4 is 5.32 Å². The molecule has 162 valence electrons. The number of rotatable bonds is 4. The van der Waals surface area contributed by atoms with Gasteiger partial charge in [0, 0.05) is 51.1 Å². The molecule has 1 saturated carbocycles. The van der Waals surface area contributed by atoms with Gasteiger partial charge in [0.05, 0.1) is 17.7 Å². The number of halogens is 3. The van der Waals surface area contributed by atoms with Gasteiger partial charge in [-0.15, -0.1) is 0 Å². The molecule has 0 radical (unpaired) electrons. The van der Waals surface area contributed by atoms with Crippen molar-refractivity contribution in [2.75, 3.05) is 19.7 Å². The zero-order chi connectivity index (χ0) is 21.2. The lowest BCUT2D eigenvalue weighted by Gasteiger charge is -2.42. The summed E-state index contributed by atoms with van der Waals surface area (Å²) in [6.07, 6.45) is 3.02. The van der Waals surface area contributed by atoms with Crippen LogP contribution >= 0.6 is 0 Å². The second-order valence-corrected chi connectivity index (χ2v) is 7.84. The Hall–Kier alpha value is -2.14. The van der Waals surface area contributed by atoms with E-state index in [1.807, 2.05) is 24.1 Å². The van der Waals surface area contributed by atoms with E-state index in [1.54, 1.807) is 0 Å². The number of nitrogens with one attached hydrogen (secondary N) is 1. The van der Waals surface area contributed by atoms with E-state index in [0.29, 0.717) is 12.6 Å². The van der Waals surface area contributed by atoms with Crippen LogP contribution in [0.4, 0.5) is 13.2 Å². The summed E-state index contributed by atoms with van der Waals surface area (Å²) in [7, 11) is 1.94. The minimum atomic E-state index is -5.08. The van der Waals surface area contributed by atoms with Gasteiger partial charge in [-0.1, -0.05) is 0 Å². The number of likely N-dealkylation sites (tertiary alicyclic amines) is 1. The van der Waals surface area contributed by atoms with E-state index in [-0.39, 0.29) is 17.4 Å².